The van der Waals surface area contributed by atoms with Gasteiger partial charge >= 0.3 is 0 Å². The molecule has 0 spiro atoms. The molecule has 0 aliphatic rings. The second-order valence-electron chi connectivity index (χ2n) is 0.602. The first-order valence-corrected chi connectivity index (χ1v) is 2.40. The third-order valence-electron chi connectivity index (χ3n) is 0. The van der Waals surface area contributed by atoms with Gasteiger partial charge in [-0.2, -0.15) is 0 Å². The molecule has 0 aliphatic heterocycles. The largest absolute Gasteiger partial charge is 0.356 e. The molecule has 0 unspecified atom stereocenters. The van der Waals surface area contributed by atoms with E-state index in [1.165, 1.54) is 0 Å². The van der Waals surface area contributed by atoms with Crippen molar-refractivity contribution in [1.82, 2.24) is 0 Å². The molecule has 0 aromatic carbocycles. The Morgan fingerprint density at radius 1 is 1.00 bits per heavy atom. The molecule has 56 valence electrons. The summed E-state index contributed by atoms with van der Waals surface area (Å²) >= 11 is 0. The molecule has 0 atom stereocenters. The lowest BCUT2D eigenvalue weighted by molar-refractivity contribution is -2.00. The Balaban J connectivity index is 0. The maximum Gasteiger partial charge on any atom is 0.0689 e. The molecule has 0 N–H and O–H groups in total. The Bertz CT molecular complexity index is 71.4. The molecule has 8 nitrogen and oxygen atoms in total. The van der Waals surface area contributed by atoms with Crippen molar-refractivity contribution in [2.75, 3.05) is 0 Å². The molecule has 9 heavy (non-hydrogen) atoms. The number of halogens is 1. The van der Waals surface area contributed by atoms with E-state index in [0.29, 0.717) is 0 Å². The van der Waals surface area contributed by atoms with E-state index < -0.39 is 15.3 Å². The third-order valence-corrected chi connectivity index (χ3v) is 0. The Kier molecular flexibility index (Phi) is 5.25. The fourth-order valence-electron chi connectivity index (χ4n) is 0. The quantitative estimate of drug-likeness (QED) is 0.254. The molecule has 0 rings (SSSR count). The van der Waals surface area contributed by atoms with Crippen LogP contribution in [0.5, 0.6) is 0 Å². The van der Waals surface area contributed by atoms with Gasteiger partial charge in [0.05, 0.1) is 5.09 Å². The Hall–Kier alpha value is -0.670. The molecule has 0 radical (unpaired) electrons. The van der Waals surface area contributed by atoms with Gasteiger partial charge in [0.2, 0.25) is 0 Å². The molecule has 0 heterocycles. The molecular weight excluding hydrogens is 161 g/mol. The van der Waals surface area contributed by atoms with Crippen LogP contribution in [-0.2, 0) is 0 Å². The molecule has 0 amide bonds. The van der Waals surface area contributed by atoms with Crippen molar-refractivity contribution in [1.29, 1.82) is 0 Å². The van der Waals surface area contributed by atoms with Gasteiger partial charge in [0.25, 0.3) is 0 Å². The summed E-state index contributed by atoms with van der Waals surface area (Å²) in [6.07, 6.45) is 0. The summed E-state index contributed by atoms with van der Waals surface area (Å²) in [6, 6.07) is 0. The summed E-state index contributed by atoms with van der Waals surface area (Å²) in [5, 5.41) is 14.8. The number of hydrogen-bond acceptors (Lipinski definition) is 7. The van der Waals surface area contributed by atoms with Crippen LogP contribution in [0, 0.1) is 25.6 Å². The van der Waals surface area contributed by atoms with Gasteiger partial charge in [-0.3, -0.25) is 0 Å². The minimum absolute atomic E-state index is 1.75. The molecule has 0 aliphatic carbocycles. The van der Waals surface area contributed by atoms with Crippen molar-refractivity contribution in [3.05, 3.63) is 15.3 Å². The molecule has 0 saturated carbocycles. The molecule has 0 saturated heterocycles. The van der Waals surface area contributed by atoms with Crippen LogP contribution in [0.2, 0.25) is 0 Å². The molecule has 0 aromatic rings. The molecule has 9 heteroatoms. The number of rotatable bonds is 0. The first-order valence-electron chi connectivity index (χ1n) is 1.16. The predicted molar refractivity (Wildman–Crippen MR) is 10.4 cm³/mol. The van der Waals surface area contributed by atoms with E-state index in [-0.39, 0.29) is 0 Å². The summed E-state index contributed by atoms with van der Waals surface area (Å²) < 4.78 is 34.0. The maximum absolute atomic E-state index is 8.49. The van der Waals surface area contributed by atoms with Gasteiger partial charge in [0, 0.05) is 0 Å². The average molecular weight is 161 g/mol. The minimum Gasteiger partial charge on any atom is -0.356 e. The Morgan fingerprint density at radius 3 is 1.00 bits per heavy atom. The van der Waals surface area contributed by atoms with Crippen LogP contribution in [0.15, 0.2) is 0 Å². The van der Waals surface area contributed by atoms with Gasteiger partial charge in [0.1, 0.15) is 0 Å². The van der Waals surface area contributed by atoms with Gasteiger partial charge in [-0.15, -0.1) is 10.2 Å². The van der Waals surface area contributed by atoms with E-state index in [1.54, 1.807) is 0 Å². The fourth-order valence-corrected chi connectivity index (χ4v) is 0. The lowest BCUT2D eigenvalue weighted by atomic mass is 13.1. The van der Waals surface area contributed by atoms with Crippen LogP contribution in [-0.4, -0.2) is 5.09 Å². The van der Waals surface area contributed by atoms with Crippen LogP contribution in [0.3, 0.4) is 0 Å². The average Bonchev–Trinajstić information content (AvgIpc) is 1.19. The second kappa shape index (κ2) is 4.23. The highest BCUT2D eigenvalue weighted by atomic mass is 35.7. The smallest absolute Gasteiger partial charge is 0.0689 e. The summed E-state index contributed by atoms with van der Waals surface area (Å²) in [4.78, 5) is 8.25. The van der Waals surface area contributed by atoms with Crippen LogP contribution >= 0.6 is 0 Å². The first-order chi connectivity index (χ1) is 3.73. The van der Waals surface area contributed by atoms with Crippen molar-refractivity contribution in [3.8, 4) is 0 Å². The Labute approximate surface area is 50.4 Å². The molecule has 0 aromatic heterocycles. The third kappa shape index (κ3) is 464. The van der Waals surface area contributed by atoms with E-state index in [1.807, 2.05) is 0 Å². The standard InChI is InChI=1S/ClHO4.NO3/c2-1(3,4)5;2-1(3)4/h(H,2,3,4,5);/q;-1/p-1. The number of hydrogen-bond donors (Lipinski definition) is 0. The highest BCUT2D eigenvalue weighted by Crippen LogP contribution is 1.49. The Morgan fingerprint density at radius 2 is 1.00 bits per heavy atom. The predicted octanol–water partition coefficient (Wildman–Crippen LogP) is -5.00. The zero-order valence-corrected chi connectivity index (χ0v) is 4.44. The fraction of sp³-hybridized carbons (Fsp3) is 0. The van der Waals surface area contributed by atoms with E-state index in [0.717, 1.165) is 0 Å². The van der Waals surface area contributed by atoms with E-state index in [2.05, 4.69) is 0 Å². The van der Waals surface area contributed by atoms with Gasteiger partial charge in [-0.25, -0.2) is 18.6 Å². The van der Waals surface area contributed by atoms with Crippen molar-refractivity contribution in [3.63, 3.8) is 0 Å². The molecule has 0 fully saturated rings. The summed E-state index contributed by atoms with van der Waals surface area (Å²) in [5.74, 6) is 0. The van der Waals surface area contributed by atoms with Crippen LogP contribution < -0.4 is 18.6 Å². The summed E-state index contributed by atoms with van der Waals surface area (Å²) in [6.45, 7) is 0. The van der Waals surface area contributed by atoms with Gasteiger partial charge < -0.3 is 15.3 Å². The normalized spacial score (nSPS) is 9.33. The topological polar surface area (TPSA) is 158 Å². The van der Waals surface area contributed by atoms with Gasteiger partial charge in [0.15, 0.2) is 0 Å². The summed E-state index contributed by atoms with van der Waals surface area (Å²) in [5.41, 5.74) is 0. The lowest BCUT2D eigenvalue weighted by Gasteiger charge is -2.17. The van der Waals surface area contributed by atoms with Crippen molar-refractivity contribution >= 4 is 0 Å². The maximum atomic E-state index is 8.49. The van der Waals surface area contributed by atoms with Crippen molar-refractivity contribution in [2.45, 2.75) is 0 Å². The van der Waals surface area contributed by atoms with E-state index in [4.69, 9.17) is 34.0 Å². The highest BCUT2D eigenvalue weighted by molar-refractivity contribution is 4.03. The van der Waals surface area contributed by atoms with Crippen LogP contribution in [0.1, 0.15) is 0 Å². The van der Waals surface area contributed by atoms with Crippen molar-refractivity contribution < 1.29 is 34.0 Å². The van der Waals surface area contributed by atoms with Gasteiger partial charge in [-0.1, -0.05) is 0 Å². The van der Waals surface area contributed by atoms with Crippen LogP contribution in [0.4, 0.5) is 0 Å². The number of nitrogens with zero attached hydrogens (tertiary/aromatic N) is 1. The van der Waals surface area contributed by atoms with Crippen molar-refractivity contribution in [2.24, 2.45) is 0 Å². The SMILES string of the molecule is O=[N+]([O-])[O-].[O-][Cl+3]([O-])([O-])[O-]. The zero-order chi connectivity index (χ0) is 8.08. The lowest BCUT2D eigenvalue weighted by Crippen LogP contribution is -2.68. The minimum atomic E-state index is -4.94. The monoisotopic (exact) mass is 161 g/mol. The van der Waals surface area contributed by atoms with Gasteiger partial charge in [-0.05, 0) is 0 Å². The first kappa shape index (κ1) is 11.2. The summed E-state index contributed by atoms with van der Waals surface area (Å²) in [7, 11) is -4.94. The molecular formula is ClNO7-2. The van der Waals surface area contributed by atoms with E-state index in [9.17, 15) is 0 Å². The zero-order valence-electron chi connectivity index (χ0n) is 3.68. The van der Waals surface area contributed by atoms with Crippen LogP contribution in [0.25, 0.3) is 0 Å². The molecule has 0 bridgehead atoms. The second-order valence-corrected chi connectivity index (χ2v) is 1.36. The highest BCUT2D eigenvalue weighted by Gasteiger charge is 1.84. The van der Waals surface area contributed by atoms with E-state index >= 15 is 0 Å².